The van der Waals surface area contributed by atoms with E-state index in [0.717, 1.165) is 0 Å². The van der Waals surface area contributed by atoms with Crippen LogP contribution in [0.3, 0.4) is 0 Å². The van der Waals surface area contributed by atoms with Crippen LogP contribution in [0, 0.1) is 5.92 Å². The monoisotopic (exact) mass is 197 g/mol. The van der Waals surface area contributed by atoms with Gasteiger partial charge in [-0.15, -0.1) is 0 Å². The molecule has 0 aromatic rings. The van der Waals surface area contributed by atoms with Gasteiger partial charge in [-0.25, -0.2) is 0 Å². The number of carboxylic acid groups (broad SMARTS) is 2. The van der Waals surface area contributed by atoms with Crippen molar-refractivity contribution in [2.75, 3.05) is 5.75 Å². The van der Waals surface area contributed by atoms with Crippen LogP contribution in [0.5, 0.6) is 0 Å². The third-order valence-corrected chi connectivity index (χ3v) is 1.50. The Morgan fingerprint density at radius 2 is 1.42 bits per heavy atom. The Balaban J connectivity index is 4.58. The first-order valence-electron chi connectivity index (χ1n) is 2.51. The first kappa shape index (κ1) is 10.8. The number of carbonyl (C=O) groups is 2. The summed E-state index contributed by atoms with van der Waals surface area (Å²) in [6, 6.07) is 0. The molecule has 8 heteroatoms. The van der Waals surface area contributed by atoms with E-state index in [9.17, 15) is 18.0 Å². The number of rotatable bonds is 4. The van der Waals surface area contributed by atoms with Gasteiger partial charge in [-0.2, -0.15) is 8.42 Å². The van der Waals surface area contributed by atoms with Gasteiger partial charge in [-0.1, -0.05) is 0 Å². The number of hydrogen-bond acceptors (Lipinski definition) is 4. The Hall–Kier alpha value is -1.15. The lowest BCUT2D eigenvalue weighted by Crippen LogP contribution is -2.28. The maximum atomic E-state index is 10.1. The highest BCUT2D eigenvalue weighted by molar-refractivity contribution is 7.86. The molecular weight excluding hydrogens is 192 g/mol. The lowest BCUT2D eigenvalue weighted by Gasteiger charge is -2.01. The van der Waals surface area contributed by atoms with Crippen molar-refractivity contribution in [1.82, 2.24) is 0 Å². The van der Waals surface area contributed by atoms with Crippen molar-refractivity contribution in [3.8, 4) is 0 Å². The quantitative estimate of drug-likeness (QED) is 0.374. The zero-order chi connectivity index (χ0) is 9.94. The fourth-order valence-corrected chi connectivity index (χ4v) is 1.01. The van der Waals surface area contributed by atoms with Crippen LogP contribution < -0.4 is 0 Å². The van der Waals surface area contributed by atoms with E-state index in [2.05, 4.69) is 0 Å². The second-order valence-corrected chi connectivity index (χ2v) is 3.27. The summed E-state index contributed by atoms with van der Waals surface area (Å²) in [7, 11) is -4.61. The Labute approximate surface area is 67.4 Å². The molecule has 7 nitrogen and oxygen atoms in total. The molecule has 0 heterocycles. The normalized spacial score (nSPS) is 11.5. The minimum atomic E-state index is -4.61. The highest BCUT2D eigenvalue weighted by Crippen LogP contribution is 2.03. The summed E-state index contributed by atoms with van der Waals surface area (Å²) < 4.78 is 28.2. The molecule has 0 saturated carbocycles. The average molecular weight is 197 g/mol. The summed E-state index contributed by atoms with van der Waals surface area (Å²) in [5.74, 6) is -6.48. The van der Waals surface area contributed by atoms with E-state index in [0.29, 0.717) is 0 Å². The van der Waals surface area contributed by atoms with Crippen LogP contribution in [-0.2, 0) is 19.7 Å². The molecule has 69 valence electrons. The molecule has 3 N–H and O–H groups in total. The largest absolute Gasteiger partial charge is 0.480 e. The lowest BCUT2D eigenvalue weighted by molar-refractivity contribution is -0.143. The molecule has 0 fully saturated rings. The minimum Gasteiger partial charge on any atom is -0.480 e. The van der Waals surface area contributed by atoms with Gasteiger partial charge in [0.05, 0.1) is 0 Å². The fraction of sp³-hybridized carbons (Fsp3) is 0.250. The van der Waals surface area contributed by atoms with E-state index in [4.69, 9.17) is 14.8 Å². The van der Waals surface area contributed by atoms with Crippen molar-refractivity contribution in [3.05, 3.63) is 5.92 Å². The van der Waals surface area contributed by atoms with Gasteiger partial charge in [-0.3, -0.25) is 14.1 Å². The standard InChI is InChI=1S/C4H5O7S/c5-3(6)2(4(7)8)1-12(9,10)11/h1H2,(H,5,6)(H,7,8)(H,9,10,11). The molecule has 0 atom stereocenters. The van der Waals surface area contributed by atoms with Gasteiger partial charge < -0.3 is 10.2 Å². The molecule has 1 radical (unpaired) electrons. The fourth-order valence-electron chi connectivity index (χ4n) is 0.397. The Morgan fingerprint density at radius 3 is 1.50 bits per heavy atom. The molecule has 0 spiro atoms. The van der Waals surface area contributed by atoms with Crippen molar-refractivity contribution >= 4 is 22.1 Å². The molecule has 0 bridgehead atoms. The van der Waals surface area contributed by atoms with Crippen LogP contribution in [0.15, 0.2) is 0 Å². The van der Waals surface area contributed by atoms with Gasteiger partial charge in [-0.05, 0) is 0 Å². The molecule has 0 aliphatic heterocycles. The third-order valence-electron chi connectivity index (χ3n) is 0.843. The molecule has 0 rings (SSSR count). The summed E-state index contributed by atoms with van der Waals surface area (Å²) in [5, 5.41) is 16.2. The van der Waals surface area contributed by atoms with E-state index >= 15 is 0 Å². The number of hydrogen-bond donors (Lipinski definition) is 3. The maximum Gasteiger partial charge on any atom is 0.324 e. The van der Waals surface area contributed by atoms with E-state index in [1.54, 1.807) is 0 Å². The molecule has 0 aromatic carbocycles. The molecule has 0 saturated heterocycles. The van der Waals surface area contributed by atoms with Crippen LogP contribution >= 0.6 is 0 Å². The highest BCUT2D eigenvalue weighted by atomic mass is 32.2. The number of aliphatic carboxylic acids is 2. The second kappa shape index (κ2) is 3.50. The van der Waals surface area contributed by atoms with Crippen LogP contribution in [0.2, 0.25) is 0 Å². The molecule has 12 heavy (non-hydrogen) atoms. The number of carboxylic acids is 2. The van der Waals surface area contributed by atoms with Crippen molar-refractivity contribution in [2.24, 2.45) is 0 Å². The molecule has 0 amide bonds. The minimum absolute atomic E-state index is 1.29. The summed E-state index contributed by atoms with van der Waals surface area (Å²) in [6.07, 6.45) is 0. The zero-order valence-electron chi connectivity index (χ0n) is 5.59. The van der Waals surface area contributed by atoms with E-state index < -0.39 is 33.7 Å². The van der Waals surface area contributed by atoms with E-state index in [-0.39, 0.29) is 0 Å². The van der Waals surface area contributed by atoms with E-state index in [1.165, 1.54) is 0 Å². The first-order chi connectivity index (χ1) is 5.24. The maximum absolute atomic E-state index is 10.1. The van der Waals surface area contributed by atoms with E-state index in [1.807, 2.05) is 0 Å². The van der Waals surface area contributed by atoms with Crippen molar-refractivity contribution in [3.63, 3.8) is 0 Å². The SMILES string of the molecule is O=C(O)[C](CS(=O)(=O)O)C(=O)O. The summed E-state index contributed by atoms with van der Waals surface area (Å²) in [5.41, 5.74) is 0. The third kappa shape index (κ3) is 3.88. The van der Waals surface area contributed by atoms with Crippen molar-refractivity contribution < 1.29 is 32.8 Å². The topological polar surface area (TPSA) is 129 Å². The molecule has 0 aromatic heterocycles. The van der Waals surface area contributed by atoms with Crippen molar-refractivity contribution in [2.45, 2.75) is 0 Å². The van der Waals surface area contributed by atoms with Crippen LogP contribution in [0.4, 0.5) is 0 Å². The van der Waals surface area contributed by atoms with Crippen LogP contribution in [0.25, 0.3) is 0 Å². The molecule has 0 unspecified atom stereocenters. The average Bonchev–Trinajstić information content (AvgIpc) is 1.79. The smallest absolute Gasteiger partial charge is 0.324 e. The first-order valence-corrected chi connectivity index (χ1v) is 4.12. The Morgan fingerprint density at radius 1 is 1.08 bits per heavy atom. The van der Waals surface area contributed by atoms with Crippen LogP contribution in [0.1, 0.15) is 0 Å². The predicted molar refractivity (Wildman–Crippen MR) is 34.9 cm³/mol. The second-order valence-electron chi connectivity index (χ2n) is 1.82. The summed E-state index contributed by atoms with van der Waals surface area (Å²) >= 11 is 0. The van der Waals surface area contributed by atoms with Gasteiger partial charge >= 0.3 is 11.9 Å². The van der Waals surface area contributed by atoms with Crippen LogP contribution in [-0.4, -0.2) is 40.9 Å². The van der Waals surface area contributed by atoms with Crippen molar-refractivity contribution in [1.29, 1.82) is 0 Å². The molecule has 0 aliphatic carbocycles. The van der Waals surface area contributed by atoms with Gasteiger partial charge in [0.25, 0.3) is 10.1 Å². The highest BCUT2D eigenvalue weighted by Gasteiger charge is 2.32. The molecule has 0 aliphatic rings. The lowest BCUT2D eigenvalue weighted by atomic mass is 10.2. The Kier molecular flexibility index (Phi) is 3.16. The Bertz CT molecular complexity index is 275. The molecular formula is C4H5O7S. The van der Waals surface area contributed by atoms with Gasteiger partial charge in [0.15, 0.2) is 0 Å². The summed E-state index contributed by atoms with van der Waals surface area (Å²) in [6.45, 7) is 0. The van der Waals surface area contributed by atoms with Gasteiger partial charge in [0.2, 0.25) is 5.92 Å². The summed E-state index contributed by atoms with van der Waals surface area (Å²) in [4.78, 5) is 20.1. The predicted octanol–water partition coefficient (Wildman–Crippen LogP) is -1.38. The van der Waals surface area contributed by atoms with Gasteiger partial charge in [0.1, 0.15) is 5.75 Å². The van der Waals surface area contributed by atoms with Gasteiger partial charge in [0, 0.05) is 0 Å². The zero-order valence-corrected chi connectivity index (χ0v) is 6.41.